The zero-order chi connectivity index (χ0) is 18.0. The van der Waals surface area contributed by atoms with Gasteiger partial charge in [0, 0.05) is 24.7 Å². The van der Waals surface area contributed by atoms with Crippen molar-refractivity contribution in [1.82, 2.24) is 20.1 Å². The summed E-state index contributed by atoms with van der Waals surface area (Å²) in [5, 5.41) is 21.5. The van der Waals surface area contributed by atoms with Gasteiger partial charge in [-0.05, 0) is 33.4 Å². The van der Waals surface area contributed by atoms with E-state index in [9.17, 15) is 9.50 Å². The van der Waals surface area contributed by atoms with Gasteiger partial charge in [0.15, 0.2) is 0 Å². The molecule has 25 heavy (non-hydrogen) atoms. The number of hydrogen-bond acceptors (Lipinski definition) is 7. The lowest BCUT2D eigenvalue weighted by Crippen LogP contribution is -2.40. The van der Waals surface area contributed by atoms with Gasteiger partial charge in [-0.25, -0.2) is 9.37 Å². The molecule has 1 saturated heterocycles. The summed E-state index contributed by atoms with van der Waals surface area (Å²) in [5.41, 5.74) is 0.673. The highest BCUT2D eigenvalue weighted by Gasteiger charge is 2.21. The van der Waals surface area contributed by atoms with Crippen molar-refractivity contribution in [2.75, 3.05) is 32.6 Å². The maximum Gasteiger partial charge on any atom is 0.243 e. The first-order chi connectivity index (χ1) is 12.0. The molecule has 2 N–H and O–H groups in total. The number of phenols is 1. The fourth-order valence-corrected chi connectivity index (χ4v) is 3.08. The van der Waals surface area contributed by atoms with E-state index in [1.54, 1.807) is 6.92 Å². The van der Waals surface area contributed by atoms with Crippen LogP contribution in [0.25, 0.3) is 11.3 Å². The van der Waals surface area contributed by atoms with E-state index in [-0.39, 0.29) is 28.8 Å². The molecular formula is C17H22FN5O2. The van der Waals surface area contributed by atoms with E-state index in [4.69, 9.17) is 4.74 Å². The van der Waals surface area contributed by atoms with Gasteiger partial charge < -0.3 is 20.1 Å². The zero-order valence-corrected chi connectivity index (χ0v) is 14.6. The maximum absolute atomic E-state index is 14.3. The molecular weight excluding hydrogens is 325 g/mol. The highest BCUT2D eigenvalue weighted by atomic mass is 19.1. The van der Waals surface area contributed by atoms with Crippen molar-refractivity contribution >= 4 is 5.95 Å². The van der Waals surface area contributed by atoms with E-state index in [0.29, 0.717) is 11.6 Å². The lowest BCUT2D eigenvalue weighted by atomic mass is 10.1. The third-order valence-electron chi connectivity index (χ3n) is 4.33. The number of ether oxygens (including phenoxy) is 1. The maximum atomic E-state index is 14.3. The minimum atomic E-state index is -0.634. The summed E-state index contributed by atoms with van der Waals surface area (Å²) in [6, 6.07) is 2.79. The number of likely N-dealkylation sites (N-methyl/N-ethyl adjacent to an activating group) is 1. The Balaban J connectivity index is 1.85. The first kappa shape index (κ1) is 17.3. The van der Waals surface area contributed by atoms with Crippen LogP contribution in [0, 0.1) is 12.7 Å². The minimum absolute atomic E-state index is 0.0257. The standard InChI is InChI=1S/C17H22FN5O2/c1-10-16(15-13(18)7-12(25-3)8-14(15)24)21-22-17(19-10)20-11-5-4-6-23(2)9-11/h7-8,11,24H,4-6,9H2,1-3H3,(H,19,20,22)/t11-/m1/s1. The Hall–Kier alpha value is -2.48. The number of hydrogen-bond donors (Lipinski definition) is 2. The number of aromatic hydroxyl groups is 1. The number of nitrogens with one attached hydrogen (secondary N) is 1. The van der Waals surface area contributed by atoms with E-state index in [1.807, 2.05) is 0 Å². The molecule has 1 fully saturated rings. The van der Waals surface area contributed by atoms with Crippen LogP contribution in [-0.2, 0) is 0 Å². The molecule has 0 aliphatic carbocycles. The number of halogens is 1. The van der Waals surface area contributed by atoms with Gasteiger partial charge in [-0.2, -0.15) is 0 Å². The molecule has 0 unspecified atom stereocenters. The summed E-state index contributed by atoms with van der Waals surface area (Å²) in [6.45, 7) is 3.72. The smallest absolute Gasteiger partial charge is 0.243 e. The van der Waals surface area contributed by atoms with Gasteiger partial charge in [0.2, 0.25) is 5.95 Å². The average molecular weight is 347 g/mol. The summed E-state index contributed by atoms with van der Waals surface area (Å²) in [5.74, 6) is -0.247. The fraction of sp³-hybridized carbons (Fsp3) is 0.471. The number of rotatable bonds is 4. The normalized spacial score (nSPS) is 18.2. The number of anilines is 1. The molecule has 0 amide bonds. The Morgan fingerprint density at radius 3 is 2.80 bits per heavy atom. The van der Waals surface area contributed by atoms with Crippen LogP contribution in [0.5, 0.6) is 11.5 Å². The average Bonchev–Trinajstić information content (AvgIpc) is 2.56. The number of aryl methyl sites for hydroxylation is 1. The van der Waals surface area contributed by atoms with Crippen molar-refractivity contribution in [3.63, 3.8) is 0 Å². The van der Waals surface area contributed by atoms with E-state index in [1.165, 1.54) is 19.2 Å². The van der Waals surface area contributed by atoms with Crippen molar-refractivity contribution in [1.29, 1.82) is 0 Å². The van der Waals surface area contributed by atoms with Crippen LogP contribution >= 0.6 is 0 Å². The van der Waals surface area contributed by atoms with E-state index in [0.717, 1.165) is 25.9 Å². The second kappa shape index (κ2) is 7.18. The summed E-state index contributed by atoms with van der Waals surface area (Å²) in [4.78, 5) is 6.63. The third-order valence-corrected chi connectivity index (χ3v) is 4.33. The van der Waals surface area contributed by atoms with Crippen molar-refractivity contribution < 1.29 is 14.2 Å². The molecule has 0 saturated carbocycles. The molecule has 1 aromatic carbocycles. The molecule has 134 valence electrons. The van der Waals surface area contributed by atoms with Crippen molar-refractivity contribution in [3.05, 3.63) is 23.6 Å². The predicted molar refractivity (Wildman–Crippen MR) is 92.3 cm³/mol. The number of phenolic OH excluding ortho intramolecular Hbond substituents is 1. The third kappa shape index (κ3) is 3.79. The van der Waals surface area contributed by atoms with Crippen LogP contribution in [0.1, 0.15) is 18.5 Å². The Kier molecular flexibility index (Phi) is 4.98. The molecule has 0 spiro atoms. The summed E-state index contributed by atoms with van der Waals surface area (Å²) in [6.07, 6.45) is 2.16. The van der Waals surface area contributed by atoms with Gasteiger partial charge >= 0.3 is 0 Å². The monoisotopic (exact) mass is 347 g/mol. The number of nitrogens with zero attached hydrogens (tertiary/aromatic N) is 4. The van der Waals surface area contributed by atoms with E-state index < -0.39 is 5.82 Å². The number of methoxy groups -OCH3 is 1. The molecule has 0 bridgehead atoms. The second-order valence-electron chi connectivity index (χ2n) is 6.32. The van der Waals surface area contributed by atoms with Crippen molar-refractivity contribution in [2.45, 2.75) is 25.8 Å². The van der Waals surface area contributed by atoms with Crippen LogP contribution < -0.4 is 10.1 Å². The molecule has 1 aromatic heterocycles. The van der Waals surface area contributed by atoms with Crippen LogP contribution in [0.3, 0.4) is 0 Å². The number of aromatic nitrogens is 3. The lowest BCUT2D eigenvalue weighted by molar-refractivity contribution is 0.260. The SMILES string of the molecule is COc1cc(O)c(-c2nnc(N[C@@H]3CCCN(C)C3)nc2C)c(F)c1. The highest BCUT2D eigenvalue weighted by Crippen LogP contribution is 2.35. The first-order valence-corrected chi connectivity index (χ1v) is 8.21. The van der Waals surface area contributed by atoms with Gasteiger partial charge in [-0.1, -0.05) is 0 Å². The Morgan fingerprint density at radius 1 is 1.36 bits per heavy atom. The van der Waals surface area contributed by atoms with E-state index in [2.05, 4.69) is 32.4 Å². The zero-order valence-electron chi connectivity index (χ0n) is 14.6. The molecule has 1 atom stereocenters. The van der Waals surface area contributed by atoms with Gasteiger partial charge in [0.1, 0.15) is 23.0 Å². The van der Waals surface area contributed by atoms with Crippen LogP contribution in [0.4, 0.5) is 10.3 Å². The molecule has 7 nitrogen and oxygen atoms in total. The van der Waals surface area contributed by atoms with Crippen LogP contribution in [0.15, 0.2) is 12.1 Å². The number of likely N-dealkylation sites (tertiary alicyclic amines) is 1. The van der Waals surface area contributed by atoms with Crippen molar-refractivity contribution in [3.8, 4) is 22.8 Å². The largest absolute Gasteiger partial charge is 0.507 e. The molecule has 2 heterocycles. The van der Waals surface area contributed by atoms with Gasteiger partial charge in [0.25, 0.3) is 0 Å². The minimum Gasteiger partial charge on any atom is -0.507 e. The first-order valence-electron chi connectivity index (χ1n) is 8.21. The van der Waals surface area contributed by atoms with Crippen LogP contribution in [-0.4, -0.2) is 58.5 Å². The topological polar surface area (TPSA) is 83.4 Å². The predicted octanol–water partition coefficient (Wildman–Crippen LogP) is 2.21. The van der Waals surface area contributed by atoms with E-state index >= 15 is 0 Å². The Morgan fingerprint density at radius 2 is 2.16 bits per heavy atom. The molecule has 1 aliphatic heterocycles. The van der Waals surface area contributed by atoms with Gasteiger partial charge in [-0.3, -0.25) is 0 Å². The Labute approximate surface area is 145 Å². The van der Waals surface area contributed by atoms with Crippen molar-refractivity contribution in [2.24, 2.45) is 0 Å². The number of piperidine rings is 1. The summed E-state index contributed by atoms with van der Waals surface area (Å²) >= 11 is 0. The lowest BCUT2D eigenvalue weighted by Gasteiger charge is -2.30. The molecule has 3 rings (SSSR count). The van der Waals surface area contributed by atoms with Crippen LogP contribution in [0.2, 0.25) is 0 Å². The van der Waals surface area contributed by atoms with Gasteiger partial charge in [0.05, 0.1) is 18.4 Å². The fourth-order valence-electron chi connectivity index (χ4n) is 3.08. The molecule has 2 aromatic rings. The Bertz CT molecular complexity index is 748. The quantitative estimate of drug-likeness (QED) is 0.877. The molecule has 8 heteroatoms. The van der Waals surface area contributed by atoms with Gasteiger partial charge in [-0.15, -0.1) is 10.2 Å². The molecule has 0 radical (unpaired) electrons. The summed E-state index contributed by atoms with van der Waals surface area (Å²) < 4.78 is 19.3. The summed E-state index contributed by atoms with van der Waals surface area (Å²) in [7, 11) is 3.49. The second-order valence-corrected chi connectivity index (χ2v) is 6.32. The highest BCUT2D eigenvalue weighted by molar-refractivity contribution is 5.70. The molecule has 1 aliphatic rings. The number of benzene rings is 1.